The molecule has 18 heavy (non-hydrogen) atoms. The molecule has 1 aromatic rings. The number of methoxy groups -OCH3 is 1. The van der Waals surface area contributed by atoms with Crippen LogP contribution in [0.1, 0.15) is 11.4 Å². The van der Waals surface area contributed by atoms with E-state index in [1.165, 1.54) is 9.26 Å². The second kappa shape index (κ2) is 8.84. The van der Waals surface area contributed by atoms with E-state index >= 15 is 0 Å². The lowest BCUT2D eigenvalue weighted by atomic mass is 10.4. The molecule has 1 rings (SSSR count). The molecule has 0 amide bonds. The van der Waals surface area contributed by atoms with Crippen LogP contribution in [0.5, 0.6) is 0 Å². The predicted octanol–water partition coefficient (Wildman–Crippen LogP) is 1.78. The van der Waals surface area contributed by atoms with Crippen molar-refractivity contribution in [2.24, 2.45) is 0 Å². The highest BCUT2D eigenvalue weighted by atomic mass is 127. The Labute approximate surface area is 122 Å². The summed E-state index contributed by atoms with van der Waals surface area (Å²) in [6.45, 7) is 8.02. The van der Waals surface area contributed by atoms with Gasteiger partial charge in [0.05, 0.1) is 48.8 Å². The summed E-state index contributed by atoms with van der Waals surface area (Å²) in [5.41, 5.74) is 2.28. The zero-order chi connectivity index (χ0) is 13.4. The normalized spacial score (nSPS) is 11.1. The SMILES string of the molecule is COCCOCCOCCn1nc(C)c(I)c1C. The van der Waals surface area contributed by atoms with E-state index in [1.807, 2.05) is 11.6 Å². The third-order valence-corrected chi connectivity index (χ3v) is 4.11. The van der Waals surface area contributed by atoms with Gasteiger partial charge in [-0.15, -0.1) is 0 Å². The van der Waals surface area contributed by atoms with E-state index < -0.39 is 0 Å². The van der Waals surface area contributed by atoms with Crippen molar-refractivity contribution in [1.29, 1.82) is 0 Å². The van der Waals surface area contributed by atoms with Crippen LogP contribution in [0.2, 0.25) is 0 Å². The van der Waals surface area contributed by atoms with Crippen molar-refractivity contribution in [3.8, 4) is 0 Å². The fourth-order valence-electron chi connectivity index (χ4n) is 1.51. The van der Waals surface area contributed by atoms with Gasteiger partial charge in [-0.3, -0.25) is 4.68 Å². The van der Waals surface area contributed by atoms with Crippen molar-refractivity contribution in [2.45, 2.75) is 20.4 Å². The summed E-state index contributed by atoms with van der Waals surface area (Å²) in [7, 11) is 1.66. The van der Waals surface area contributed by atoms with Gasteiger partial charge < -0.3 is 14.2 Å². The molecule has 0 aromatic carbocycles. The van der Waals surface area contributed by atoms with Gasteiger partial charge in [-0.1, -0.05) is 0 Å². The van der Waals surface area contributed by atoms with Crippen LogP contribution in [0.25, 0.3) is 0 Å². The molecule has 1 aromatic heterocycles. The van der Waals surface area contributed by atoms with Crippen molar-refractivity contribution in [2.75, 3.05) is 40.1 Å². The zero-order valence-electron chi connectivity index (χ0n) is 11.2. The second-order valence-electron chi connectivity index (χ2n) is 3.93. The third-order valence-electron chi connectivity index (χ3n) is 2.54. The van der Waals surface area contributed by atoms with E-state index in [9.17, 15) is 0 Å². The molecule has 0 N–H and O–H groups in total. The minimum absolute atomic E-state index is 0.609. The van der Waals surface area contributed by atoms with Gasteiger partial charge in [-0.25, -0.2) is 0 Å². The summed E-state index contributed by atoms with van der Waals surface area (Å²) in [4.78, 5) is 0. The first-order valence-corrected chi connectivity index (χ1v) is 7.08. The molecular formula is C12H21IN2O3. The Bertz CT molecular complexity index is 355. The lowest BCUT2D eigenvalue weighted by Crippen LogP contribution is -2.13. The highest BCUT2D eigenvalue weighted by Crippen LogP contribution is 2.14. The molecule has 0 aliphatic carbocycles. The van der Waals surface area contributed by atoms with Crippen LogP contribution < -0.4 is 0 Å². The molecule has 0 aliphatic rings. The van der Waals surface area contributed by atoms with Crippen LogP contribution >= 0.6 is 22.6 Å². The lowest BCUT2D eigenvalue weighted by molar-refractivity contribution is 0.0224. The Balaban J connectivity index is 2.09. The Kier molecular flexibility index (Phi) is 7.80. The number of aromatic nitrogens is 2. The average molecular weight is 368 g/mol. The number of rotatable bonds is 9. The number of halogens is 1. The third kappa shape index (κ3) is 5.21. The van der Waals surface area contributed by atoms with Crippen molar-refractivity contribution in [3.05, 3.63) is 15.0 Å². The Morgan fingerprint density at radius 1 is 1.06 bits per heavy atom. The summed E-state index contributed by atoms with van der Waals surface area (Å²) >= 11 is 2.32. The molecule has 0 saturated heterocycles. The van der Waals surface area contributed by atoms with Gasteiger partial charge in [-0.05, 0) is 36.4 Å². The molecule has 1 heterocycles. The largest absolute Gasteiger partial charge is 0.382 e. The number of hydrogen-bond acceptors (Lipinski definition) is 4. The van der Waals surface area contributed by atoms with Gasteiger partial charge in [0.2, 0.25) is 0 Å². The fourth-order valence-corrected chi connectivity index (χ4v) is 1.89. The molecule has 0 aliphatic heterocycles. The van der Waals surface area contributed by atoms with Gasteiger partial charge in [0.15, 0.2) is 0 Å². The Morgan fingerprint density at radius 3 is 2.22 bits per heavy atom. The molecule has 104 valence electrons. The average Bonchev–Trinajstić information content (AvgIpc) is 2.60. The van der Waals surface area contributed by atoms with E-state index in [4.69, 9.17) is 14.2 Å². The first-order chi connectivity index (χ1) is 8.66. The Hall–Kier alpha value is -0.180. The molecule has 0 bridgehead atoms. The predicted molar refractivity (Wildman–Crippen MR) is 77.9 cm³/mol. The topological polar surface area (TPSA) is 45.5 Å². The standard InChI is InChI=1S/C12H21IN2O3/c1-10-12(13)11(2)15(14-10)4-5-17-8-9-18-7-6-16-3/h4-9H2,1-3H3. The van der Waals surface area contributed by atoms with Gasteiger partial charge in [0.1, 0.15) is 0 Å². The first kappa shape index (κ1) is 15.9. The van der Waals surface area contributed by atoms with Crippen LogP contribution in [-0.4, -0.2) is 49.9 Å². The number of hydrogen-bond donors (Lipinski definition) is 0. The maximum atomic E-state index is 5.49. The highest BCUT2D eigenvalue weighted by Gasteiger charge is 2.07. The number of ether oxygens (including phenoxy) is 3. The van der Waals surface area contributed by atoms with Gasteiger partial charge in [-0.2, -0.15) is 5.10 Å². The van der Waals surface area contributed by atoms with Crippen molar-refractivity contribution in [1.82, 2.24) is 9.78 Å². The van der Waals surface area contributed by atoms with Crippen LogP contribution in [0.15, 0.2) is 0 Å². The second-order valence-corrected chi connectivity index (χ2v) is 5.00. The molecule has 0 fully saturated rings. The maximum Gasteiger partial charge on any atom is 0.0730 e. The number of aryl methyl sites for hydroxylation is 1. The molecule has 0 radical (unpaired) electrons. The van der Waals surface area contributed by atoms with Gasteiger partial charge >= 0.3 is 0 Å². The summed E-state index contributed by atoms with van der Waals surface area (Å²) in [5.74, 6) is 0. The van der Waals surface area contributed by atoms with Crippen molar-refractivity contribution < 1.29 is 14.2 Å². The molecule has 0 saturated carbocycles. The van der Waals surface area contributed by atoms with Crippen LogP contribution in [-0.2, 0) is 20.8 Å². The van der Waals surface area contributed by atoms with Crippen LogP contribution in [0.3, 0.4) is 0 Å². The minimum atomic E-state index is 0.609. The van der Waals surface area contributed by atoms with E-state index in [1.54, 1.807) is 7.11 Å². The van der Waals surface area contributed by atoms with E-state index in [0.29, 0.717) is 33.0 Å². The summed E-state index contributed by atoms with van der Waals surface area (Å²) in [6.07, 6.45) is 0. The van der Waals surface area contributed by atoms with E-state index in [2.05, 4.69) is 34.6 Å². The molecule has 5 nitrogen and oxygen atoms in total. The van der Waals surface area contributed by atoms with E-state index in [-0.39, 0.29) is 0 Å². The first-order valence-electron chi connectivity index (χ1n) is 6.00. The quantitative estimate of drug-likeness (QED) is 0.493. The van der Waals surface area contributed by atoms with E-state index in [0.717, 1.165) is 12.2 Å². The summed E-state index contributed by atoms with van der Waals surface area (Å²) < 4.78 is 18.9. The summed E-state index contributed by atoms with van der Waals surface area (Å²) in [6, 6.07) is 0. The lowest BCUT2D eigenvalue weighted by Gasteiger charge is -2.07. The maximum absolute atomic E-state index is 5.49. The zero-order valence-corrected chi connectivity index (χ0v) is 13.4. The summed E-state index contributed by atoms with van der Waals surface area (Å²) in [5, 5.41) is 4.45. The van der Waals surface area contributed by atoms with Gasteiger partial charge in [0.25, 0.3) is 0 Å². The molecule has 0 spiro atoms. The van der Waals surface area contributed by atoms with Crippen molar-refractivity contribution in [3.63, 3.8) is 0 Å². The van der Waals surface area contributed by atoms with Gasteiger partial charge in [0, 0.05) is 12.8 Å². The molecule has 0 atom stereocenters. The van der Waals surface area contributed by atoms with Crippen molar-refractivity contribution >= 4 is 22.6 Å². The molecule has 6 heteroatoms. The molecule has 0 unspecified atom stereocenters. The highest BCUT2D eigenvalue weighted by molar-refractivity contribution is 14.1. The van der Waals surface area contributed by atoms with Crippen LogP contribution in [0.4, 0.5) is 0 Å². The number of nitrogens with zero attached hydrogens (tertiary/aromatic N) is 2. The molecular weight excluding hydrogens is 347 g/mol. The van der Waals surface area contributed by atoms with Crippen LogP contribution in [0, 0.1) is 17.4 Å². The smallest absolute Gasteiger partial charge is 0.0730 e. The Morgan fingerprint density at radius 2 is 1.67 bits per heavy atom. The fraction of sp³-hybridized carbons (Fsp3) is 0.750. The monoisotopic (exact) mass is 368 g/mol. The minimum Gasteiger partial charge on any atom is -0.382 e.